The highest BCUT2D eigenvalue weighted by molar-refractivity contribution is 6.31. The van der Waals surface area contributed by atoms with E-state index < -0.39 is 0 Å². The van der Waals surface area contributed by atoms with Crippen molar-refractivity contribution >= 4 is 29.3 Å². The minimum atomic E-state index is 0.0447. The Morgan fingerprint density at radius 3 is 2.56 bits per heavy atom. The van der Waals surface area contributed by atoms with E-state index in [1.807, 2.05) is 48.2 Å². The third-order valence-electron chi connectivity index (χ3n) is 4.86. The number of carbonyl (C=O) groups is 1. The van der Waals surface area contributed by atoms with Crippen molar-refractivity contribution in [1.29, 1.82) is 0 Å². The van der Waals surface area contributed by atoms with Gasteiger partial charge in [-0.15, -0.1) is 0 Å². The van der Waals surface area contributed by atoms with Gasteiger partial charge in [-0.1, -0.05) is 23.7 Å². The van der Waals surface area contributed by atoms with Gasteiger partial charge in [-0.05, 0) is 60.9 Å². The van der Waals surface area contributed by atoms with E-state index in [-0.39, 0.29) is 5.91 Å². The molecule has 0 aliphatic carbocycles. The number of ether oxygens (including phenoxy) is 1. The molecule has 0 N–H and O–H groups in total. The third kappa shape index (κ3) is 5.04. The predicted molar refractivity (Wildman–Crippen MR) is 112 cm³/mol. The fourth-order valence-electron chi connectivity index (χ4n) is 3.17. The van der Waals surface area contributed by atoms with E-state index in [4.69, 9.17) is 16.3 Å². The molecule has 1 fully saturated rings. The summed E-state index contributed by atoms with van der Waals surface area (Å²) in [5.41, 5.74) is 3.13. The molecule has 2 aromatic rings. The quantitative estimate of drug-likeness (QED) is 0.732. The molecule has 0 saturated carbocycles. The number of hydrogen-bond acceptors (Lipinski definition) is 3. The second-order valence-corrected chi connectivity index (χ2v) is 7.11. The van der Waals surface area contributed by atoms with Gasteiger partial charge in [0, 0.05) is 43.0 Å². The number of hydrogen-bond donors (Lipinski definition) is 0. The zero-order valence-corrected chi connectivity index (χ0v) is 16.6. The molecule has 0 aromatic heterocycles. The van der Waals surface area contributed by atoms with Crippen molar-refractivity contribution in [2.75, 3.05) is 38.2 Å². The summed E-state index contributed by atoms with van der Waals surface area (Å²) in [4.78, 5) is 16.8. The van der Waals surface area contributed by atoms with Crippen molar-refractivity contribution in [3.05, 3.63) is 64.7 Å². The number of halogens is 1. The molecule has 0 bridgehead atoms. The van der Waals surface area contributed by atoms with E-state index >= 15 is 0 Å². The number of methoxy groups -OCH3 is 1. The highest BCUT2D eigenvalue weighted by Gasteiger charge is 2.17. The molecule has 1 heterocycles. The lowest BCUT2D eigenvalue weighted by atomic mass is 10.1. The minimum Gasteiger partial charge on any atom is -0.497 e. The summed E-state index contributed by atoms with van der Waals surface area (Å²) in [6.45, 7) is 5.21. The van der Waals surface area contributed by atoms with Crippen molar-refractivity contribution in [3.8, 4) is 5.75 Å². The first-order valence-electron chi connectivity index (χ1n) is 9.19. The van der Waals surface area contributed by atoms with Gasteiger partial charge in [-0.3, -0.25) is 4.79 Å². The van der Waals surface area contributed by atoms with Crippen molar-refractivity contribution in [2.24, 2.45) is 0 Å². The lowest BCUT2D eigenvalue weighted by Crippen LogP contribution is -2.34. The van der Waals surface area contributed by atoms with Gasteiger partial charge in [0.05, 0.1) is 7.11 Å². The Morgan fingerprint density at radius 2 is 1.85 bits per heavy atom. The molecular formula is C22H25ClN2O2. The van der Waals surface area contributed by atoms with Crippen LogP contribution in [0.1, 0.15) is 17.5 Å². The van der Waals surface area contributed by atoms with Gasteiger partial charge in [0.25, 0.3) is 0 Å². The standard InChI is InChI=1S/C22H25ClN2O2/c1-17-4-5-18(16-21(17)23)6-11-22(26)25-13-3-12-24(14-15-25)19-7-9-20(27-2)10-8-19/h4-11,16H,3,12-15H2,1-2H3/b11-6+. The van der Waals surface area contributed by atoms with E-state index in [0.29, 0.717) is 6.54 Å². The maximum atomic E-state index is 12.6. The zero-order chi connectivity index (χ0) is 19.2. The van der Waals surface area contributed by atoms with Crippen LogP contribution in [0.25, 0.3) is 6.08 Å². The van der Waals surface area contributed by atoms with Gasteiger partial charge in [-0.25, -0.2) is 0 Å². The number of amides is 1. The van der Waals surface area contributed by atoms with E-state index in [0.717, 1.165) is 53.6 Å². The average molecular weight is 385 g/mol. The van der Waals surface area contributed by atoms with E-state index in [9.17, 15) is 4.79 Å². The Balaban J connectivity index is 1.60. The molecule has 1 amide bonds. The van der Waals surface area contributed by atoms with Gasteiger partial charge < -0.3 is 14.5 Å². The van der Waals surface area contributed by atoms with Crippen LogP contribution >= 0.6 is 11.6 Å². The van der Waals surface area contributed by atoms with E-state index in [1.54, 1.807) is 13.2 Å². The van der Waals surface area contributed by atoms with Gasteiger partial charge in [-0.2, -0.15) is 0 Å². The first-order valence-corrected chi connectivity index (χ1v) is 9.57. The molecule has 4 nitrogen and oxygen atoms in total. The van der Waals surface area contributed by atoms with E-state index in [2.05, 4.69) is 17.0 Å². The van der Waals surface area contributed by atoms with Crippen LogP contribution in [0.4, 0.5) is 5.69 Å². The Labute approximate surface area is 166 Å². The lowest BCUT2D eigenvalue weighted by molar-refractivity contribution is -0.125. The van der Waals surface area contributed by atoms with Crippen LogP contribution in [0, 0.1) is 6.92 Å². The van der Waals surface area contributed by atoms with Crippen molar-refractivity contribution in [3.63, 3.8) is 0 Å². The molecule has 142 valence electrons. The molecule has 1 aliphatic rings. The summed E-state index contributed by atoms with van der Waals surface area (Å²) in [7, 11) is 1.67. The van der Waals surface area contributed by atoms with Gasteiger partial charge in [0.15, 0.2) is 0 Å². The third-order valence-corrected chi connectivity index (χ3v) is 5.27. The van der Waals surface area contributed by atoms with Gasteiger partial charge in [0.2, 0.25) is 5.91 Å². The SMILES string of the molecule is COc1ccc(N2CCCN(C(=O)/C=C/c3ccc(C)c(Cl)c3)CC2)cc1. The summed E-state index contributed by atoms with van der Waals surface area (Å²) >= 11 is 6.15. The molecule has 5 heteroatoms. The summed E-state index contributed by atoms with van der Waals surface area (Å²) in [6, 6.07) is 13.9. The maximum absolute atomic E-state index is 12.6. The Hall–Kier alpha value is -2.46. The van der Waals surface area contributed by atoms with E-state index in [1.165, 1.54) is 0 Å². The number of rotatable bonds is 4. The second-order valence-electron chi connectivity index (χ2n) is 6.71. The maximum Gasteiger partial charge on any atom is 0.246 e. The zero-order valence-electron chi connectivity index (χ0n) is 15.8. The minimum absolute atomic E-state index is 0.0447. The van der Waals surface area contributed by atoms with Crippen molar-refractivity contribution in [2.45, 2.75) is 13.3 Å². The molecule has 1 aliphatic heterocycles. The van der Waals surface area contributed by atoms with Gasteiger partial charge >= 0.3 is 0 Å². The number of benzene rings is 2. The van der Waals surface area contributed by atoms with Crippen LogP contribution in [0.15, 0.2) is 48.5 Å². The number of anilines is 1. The first-order chi connectivity index (χ1) is 13.1. The summed E-state index contributed by atoms with van der Waals surface area (Å²) in [5, 5.41) is 0.717. The van der Waals surface area contributed by atoms with Crippen LogP contribution in [0.5, 0.6) is 5.75 Å². The molecular weight excluding hydrogens is 360 g/mol. The highest BCUT2D eigenvalue weighted by Crippen LogP contribution is 2.21. The molecule has 2 aromatic carbocycles. The molecule has 0 spiro atoms. The molecule has 1 saturated heterocycles. The molecule has 0 unspecified atom stereocenters. The van der Waals surface area contributed by atoms with Gasteiger partial charge in [0.1, 0.15) is 5.75 Å². The first kappa shape index (κ1) is 19.3. The fourth-order valence-corrected chi connectivity index (χ4v) is 3.36. The monoisotopic (exact) mass is 384 g/mol. The lowest BCUT2D eigenvalue weighted by Gasteiger charge is -2.23. The summed E-state index contributed by atoms with van der Waals surface area (Å²) < 4.78 is 5.22. The molecule has 3 rings (SSSR count). The largest absolute Gasteiger partial charge is 0.497 e. The Bertz CT molecular complexity index is 818. The highest BCUT2D eigenvalue weighted by atomic mass is 35.5. The topological polar surface area (TPSA) is 32.8 Å². The smallest absolute Gasteiger partial charge is 0.246 e. The van der Waals surface area contributed by atoms with Crippen LogP contribution in [0.2, 0.25) is 5.02 Å². The van der Waals surface area contributed by atoms with Crippen molar-refractivity contribution in [1.82, 2.24) is 4.90 Å². The number of aryl methyl sites for hydroxylation is 1. The van der Waals surface area contributed by atoms with Crippen molar-refractivity contribution < 1.29 is 9.53 Å². The van der Waals surface area contributed by atoms with Crippen LogP contribution < -0.4 is 9.64 Å². The molecule has 0 atom stereocenters. The van der Waals surface area contributed by atoms with Crippen LogP contribution in [-0.4, -0.2) is 44.1 Å². The van der Waals surface area contributed by atoms with Crippen LogP contribution in [-0.2, 0) is 4.79 Å². The fraction of sp³-hybridized carbons (Fsp3) is 0.318. The number of carbonyl (C=O) groups excluding carboxylic acids is 1. The normalized spacial score (nSPS) is 15.1. The predicted octanol–water partition coefficient (Wildman–Crippen LogP) is 4.41. The second kappa shape index (κ2) is 8.96. The molecule has 27 heavy (non-hydrogen) atoms. The molecule has 0 radical (unpaired) electrons. The van der Waals surface area contributed by atoms with Crippen LogP contribution in [0.3, 0.4) is 0 Å². The number of nitrogens with zero attached hydrogens (tertiary/aromatic N) is 2. The average Bonchev–Trinajstić information content (AvgIpc) is 2.95. The summed E-state index contributed by atoms with van der Waals surface area (Å²) in [6.07, 6.45) is 4.42. The Kier molecular flexibility index (Phi) is 6.40. The summed E-state index contributed by atoms with van der Waals surface area (Å²) in [5.74, 6) is 0.898. The Morgan fingerprint density at radius 1 is 1.07 bits per heavy atom.